The summed E-state index contributed by atoms with van der Waals surface area (Å²) < 4.78 is 10.5. The molecule has 7 heteroatoms. The zero-order chi connectivity index (χ0) is 16.9. The molecule has 0 saturated heterocycles. The van der Waals surface area contributed by atoms with Crippen molar-refractivity contribution in [1.29, 1.82) is 0 Å². The minimum absolute atomic E-state index is 0.209. The quantitative estimate of drug-likeness (QED) is 0.890. The SMILES string of the molecule is COc1cc(Cl)ccc1C(=O)NCc1noc(C2CCCCC2)n1. The first-order valence-corrected chi connectivity index (χ1v) is 8.49. The number of hydrogen-bond acceptors (Lipinski definition) is 5. The van der Waals surface area contributed by atoms with E-state index in [0.717, 1.165) is 12.8 Å². The third-order valence-corrected chi connectivity index (χ3v) is 4.49. The minimum atomic E-state index is -0.271. The number of aromatic nitrogens is 2. The summed E-state index contributed by atoms with van der Waals surface area (Å²) in [4.78, 5) is 16.7. The molecule has 0 aliphatic heterocycles. The average molecular weight is 350 g/mol. The second-order valence-electron chi connectivity index (χ2n) is 5.91. The van der Waals surface area contributed by atoms with Gasteiger partial charge in [-0.25, -0.2) is 0 Å². The Morgan fingerprint density at radius 3 is 2.92 bits per heavy atom. The van der Waals surface area contributed by atoms with E-state index in [1.54, 1.807) is 18.2 Å². The van der Waals surface area contributed by atoms with E-state index in [0.29, 0.717) is 34.0 Å². The number of methoxy groups -OCH3 is 1. The highest BCUT2D eigenvalue weighted by molar-refractivity contribution is 6.30. The lowest BCUT2D eigenvalue weighted by atomic mass is 9.89. The van der Waals surface area contributed by atoms with Gasteiger partial charge < -0.3 is 14.6 Å². The number of nitrogens with one attached hydrogen (secondary N) is 1. The van der Waals surface area contributed by atoms with E-state index in [-0.39, 0.29) is 12.5 Å². The van der Waals surface area contributed by atoms with Crippen LogP contribution in [-0.4, -0.2) is 23.2 Å². The molecule has 1 aromatic heterocycles. The fraction of sp³-hybridized carbons (Fsp3) is 0.471. The van der Waals surface area contributed by atoms with Crippen LogP contribution in [0.25, 0.3) is 0 Å². The number of benzene rings is 1. The number of rotatable bonds is 5. The molecule has 1 amide bonds. The summed E-state index contributed by atoms with van der Waals surface area (Å²) in [6, 6.07) is 4.88. The zero-order valence-corrected chi connectivity index (χ0v) is 14.3. The highest BCUT2D eigenvalue weighted by Crippen LogP contribution is 2.31. The predicted octanol–water partition coefficient (Wildman–Crippen LogP) is 3.71. The fourth-order valence-corrected chi connectivity index (χ4v) is 3.12. The third-order valence-electron chi connectivity index (χ3n) is 4.25. The van der Waals surface area contributed by atoms with Crippen molar-refractivity contribution >= 4 is 17.5 Å². The zero-order valence-electron chi connectivity index (χ0n) is 13.5. The van der Waals surface area contributed by atoms with Crippen molar-refractivity contribution in [2.75, 3.05) is 7.11 Å². The van der Waals surface area contributed by atoms with Gasteiger partial charge in [-0.2, -0.15) is 4.98 Å². The first kappa shape index (κ1) is 16.8. The van der Waals surface area contributed by atoms with Crippen LogP contribution in [0, 0.1) is 0 Å². The van der Waals surface area contributed by atoms with Gasteiger partial charge in [-0.1, -0.05) is 36.0 Å². The van der Waals surface area contributed by atoms with Crippen molar-refractivity contribution in [3.05, 3.63) is 40.5 Å². The Labute approximate surface area is 145 Å². The molecular weight excluding hydrogens is 330 g/mol. The summed E-state index contributed by atoms with van der Waals surface area (Å²) in [5.41, 5.74) is 0.415. The van der Waals surface area contributed by atoms with Gasteiger partial charge in [0.2, 0.25) is 5.89 Å². The lowest BCUT2D eigenvalue weighted by molar-refractivity contribution is 0.0946. The van der Waals surface area contributed by atoms with E-state index >= 15 is 0 Å². The highest BCUT2D eigenvalue weighted by atomic mass is 35.5. The number of nitrogens with zero attached hydrogens (tertiary/aromatic N) is 2. The van der Waals surface area contributed by atoms with E-state index in [4.69, 9.17) is 20.9 Å². The molecular formula is C17H20ClN3O3. The largest absolute Gasteiger partial charge is 0.496 e. The molecule has 128 valence electrons. The van der Waals surface area contributed by atoms with Crippen LogP contribution in [0.15, 0.2) is 22.7 Å². The monoisotopic (exact) mass is 349 g/mol. The molecule has 0 unspecified atom stereocenters. The Hall–Kier alpha value is -2.08. The van der Waals surface area contributed by atoms with Crippen molar-refractivity contribution in [3.63, 3.8) is 0 Å². The van der Waals surface area contributed by atoms with Crippen LogP contribution >= 0.6 is 11.6 Å². The molecule has 1 aliphatic carbocycles. The molecule has 6 nitrogen and oxygen atoms in total. The van der Waals surface area contributed by atoms with Gasteiger partial charge in [0.1, 0.15) is 5.75 Å². The number of hydrogen-bond donors (Lipinski definition) is 1. The summed E-state index contributed by atoms with van der Waals surface area (Å²) in [7, 11) is 1.50. The first-order chi connectivity index (χ1) is 11.7. The Kier molecular flexibility index (Phi) is 5.35. The molecule has 1 heterocycles. The van der Waals surface area contributed by atoms with Crippen LogP contribution in [0.5, 0.6) is 5.75 Å². The maximum atomic E-state index is 12.3. The lowest BCUT2D eigenvalue weighted by Crippen LogP contribution is -2.24. The van der Waals surface area contributed by atoms with Gasteiger partial charge in [0.15, 0.2) is 5.82 Å². The average Bonchev–Trinajstić information content (AvgIpc) is 3.09. The van der Waals surface area contributed by atoms with Crippen molar-refractivity contribution < 1.29 is 14.1 Å². The normalized spacial score (nSPS) is 15.2. The number of carbonyl (C=O) groups is 1. The third kappa shape index (κ3) is 3.87. The summed E-state index contributed by atoms with van der Waals surface area (Å²) in [5.74, 6) is 1.68. The number of carbonyl (C=O) groups excluding carboxylic acids is 1. The minimum Gasteiger partial charge on any atom is -0.496 e. The molecule has 0 atom stereocenters. The van der Waals surface area contributed by atoms with Gasteiger partial charge in [-0.15, -0.1) is 0 Å². The van der Waals surface area contributed by atoms with Gasteiger partial charge in [0.05, 0.1) is 19.2 Å². The van der Waals surface area contributed by atoms with Crippen molar-refractivity contribution in [3.8, 4) is 5.75 Å². The predicted molar refractivity (Wildman–Crippen MR) is 89.3 cm³/mol. The van der Waals surface area contributed by atoms with E-state index in [2.05, 4.69) is 15.5 Å². The van der Waals surface area contributed by atoms with Crippen LogP contribution in [0.1, 0.15) is 60.1 Å². The van der Waals surface area contributed by atoms with Gasteiger partial charge in [0.25, 0.3) is 5.91 Å². The van der Waals surface area contributed by atoms with Gasteiger partial charge in [-0.3, -0.25) is 4.79 Å². The molecule has 0 bridgehead atoms. The molecule has 1 N–H and O–H groups in total. The molecule has 3 rings (SSSR count). The van der Waals surface area contributed by atoms with Crippen LogP contribution < -0.4 is 10.1 Å². The first-order valence-electron chi connectivity index (χ1n) is 8.11. The Balaban J connectivity index is 1.61. The maximum Gasteiger partial charge on any atom is 0.255 e. The Bertz CT molecular complexity index is 711. The smallest absolute Gasteiger partial charge is 0.255 e. The molecule has 1 aliphatic rings. The van der Waals surface area contributed by atoms with Gasteiger partial charge >= 0.3 is 0 Å². The Morgan fingerprint density at radius 2 is 2.17 bits per heavy atom. The van der Waals surface area contributed by atoms with Gasteiger partial charge in [0, 0.05) is 10.9 Å². The van der Waals surface area contributed by atoms with Crippen LogP contribution in [-0.2, 0) is 6.54 Å². The summed E-state index contributed by atoms with van der Waals surface area (Å²) in [6.07, 6.45) is 5.87. The molecule has 0 spiro atoms. The molecule has 1 fully saturated rings. The molecule has 2 aromatic rings. The van der Waals surface area contributed by atoms with E-state index < -0.39 is 0 Å². The second kappa shape index (κ2) is 7.66. The summed E-state index contributed by atoms with van der Waals surface area (Å²) in [6.45, 7) is 0.209. The van der Waals surface area contributed by atoms with E-state index in [9.17, 15) is 4.79 Å². The number of halogens is 1. The van der Waals surface area contributed by atoms with Crippen molar-refractivity contribution in [2.24, 2.45) is 0 Å². The fourth-order valence-electron chi connectivity index (χ4n) is 2.96. The van der Waals surface area contributed by atoms with Crippen molar-refractivity contribution in [2.45, 2.75) is 44.6 Å². The van der Waals surface area contributed by atoms with Crippen molar-refractivity contribution in [1.82, 2.24) is 15.5 Å². The second-order valence-corrected chi connectivity index (χ2v) is 6.35. The number of ether oxygens (including phenoxy) is 1. The topological polar surface area (TPSA) is 77.2 Å². The van der Waals surface area contributed by atoms with Crippen LogP contribution in [0.3, 0.4) is 0 Å². The van der Waals surface area contributed by atoms with Gasteiger partial charge in [-0.05, 0) is 31.0 Å². The maximum absolute atomic E-state index is 12.3. The highest BCUT2D eigenvalue weighted by Gasteiger charge is 2.21. The van der Waals surface area contributed by atoms with Crippen LogP contribution in [0.2, 0.25) is 5.02 Å². The van der Waals surface area contributed by atoms with E-state index in [1.807, 2.05) is 0 Å². The lowest BCUT2D eigenvalue weighted by Gasteiger charge is -2.17. The summed E-state index contributed by atoms with van der Waals surface area (Å²) >= 11 is 5.91. The molecule has 1 aromatic carbocycles. The molecule has 24 heavy (non-hydrogen) atoms. The Morgan fingerprint density at radius 1 is 1.38 bits per heavy atom. The van der Waals surface area contributed by atoms with Crippen LogP contribution in [0.4, 0.5) is 0 Å². The standard InChI is InChI=1S/C17H20ClN3O3/c1-23-14-9-12(18)7-8-13(14)16(22)19-10-15-20-17(24-21-15)11-5-3-2-4-6-11/h7-9,11H,2-6,10H2,1H3,(H,19,22). The number of amides is 1. The summed E-state index contributed by atoms with van der Waals surface area (Å²) in [5, 5.41) is 7.25. The molecule has 0 radical (unpaired) electrons. The molecule has 1 saturated carbocycles. The van der Waals surface area contributed by atoms with E-state index in [1.165, 1.54) is 26.4 Å².